The Kier molecular flexibility index (Phi) is 4.54. The first-order valence-corrected chi connectivity index (χ1v) is 10.8. The summed E-state index contributed by atoms with van der Waals surface area (Å²) in [6.45, 7) is 9.08. The molecular weight excluding hydrogens is 368 g/mol. The molecule has 0 amide bonds. The van der Waals surface area contributed by atoms with Gasteiger partial charge < -0.3 is 4.42 Å². The van der Waals surface area contributed by atoms with Crippen molar-refractivity contribution in [1.29, 1.82) is 0 Å². The molecule has 30 heavy (non-hydrogen) atoms. The molecule has 0 saturated heterocycles. The van der Waals surface area contributed by atoms with Crippen molar-refractivity contribution in [3.8, 4) is 0 Å². The van der Waals surface area contributed by atoms with Crippen LogP contribution in [0.15, 0.2) is 82.5 Å². The minimum Gasteiger partial charge on any atom is -0.456 e. The van der Waals surface area contributed by atoms with Crippen LogP contribution in [0, 0.1) is 0 Å². The van der Waals surface area contributed by atoms with Gasteiger partial charge in [-0.25, -0.2) is 0 Å². The summed E-state index contributed by atoms with van der Waals surface area (Å²) in [5.74, 6) is 0.718. The van der Waals surface area contributed by atoms with E-state index in [4.69, 9.17) is 9.53 Å². The molecule has 3 heteroatoms. The third-order valence-corrected chi connectivity index (χ3v) is 6.02. The smallest absolute Gasteiger partial charge is 0.233 e. The van der Waals surface area contributed by atoms with Gasteiger partial charge in [0.2, 0.25) is 11.7 Å². The van der Waals surface area contributed by atoms with Crippen LogP contribution >= 0.6 is 0 Å². The van der Waals surface area contributed by atoms with Gasteiger partial charge in [0, 0.05) is 40.1 Å². The van der Waals surface area contributed by atoms with Crippen molar-refractivity contribution in [3.05, 3.63) is 89.6 Å². The molecule has 5 rings (SSSR count). The lowest BCUT2D eigenvalue weighted by molar-refractivity contribution is -0.536. The van der Waals surface area contributed by atoms with E-state index in [9.17, 15) is 0 Å². The van der Waals surface area contributed by atoms with Gasteiger partial charge in [0.25, 0.3) is 0 Å². The van der Waals surface area contributed by atoms with Crippen LogP contribution in [-0.2, 0) is 0 Å². The molecule has 0 saturated carbocycles. The zero-order valence-corrected chi connectivity index (χ0v) is 18.0. The van der Waals surface area contributed by atoms with Crippen molar-refractivity contribution < 1.29 is 9.11 Å². The molecule has 0 radical (unpaired) electrons. The molecule has 1 atom stereocenters. The number of para-hydroxylation sites is 2. The zero-order chi connectivity index (χ0) is 20.8. The fourth-order valence-electron chi connectivity index (χ4n) is 4.67. The second-order valence-corrected chi connectivity index (χ2v) is 8.66. The van der Waals surface area contributed by atoms with Crippen molar-refractivity contribution >= 4 is 27.6 Å². The summed E-state index contributed by atoms with van der Waals surface area (Å²) < 4.78 is 8.57. The molecule has 0 fully saturated rings. The first kappa shape index (κ1) is 18.8. The van der Waals surface area contributed by atoms with Gasteiger partial charge in [-0.2, -0.15) is 0 Å². The Labute approximate surface area is 177 Å². The molecule has 0 N–H and O–H groups in total. The second-order valence-electron chi connectivity index (χ2n) is 8.66. The largest absolute Gasteiger partial charge is 0.456 e. The van der Waals surface area contributed by atoms with Gasteiger partial charge in [-0.05, 0) is 34.6 Å². The fraction of sp³-hybridized carbons (Fsp3) is 0.259. The number of fused-ring (bicyclic) bond motifs is 3. The van der Waals surface area contributed by atoms with E-state index in [1.165, 1.54) is 27.5 Å². The number of furan rings is 1. The highest BCUT2D eigenvalue weighted by atomic mass is 16.3. The highest BCUT2D eigenvalue weighted by molar-refractivity contribution is 6.06. The van der Waals surface area contributed by atoms with Crippen LogP contribution in [0.3, 0.4) is 0 Å². The Bertz CT molecular complexity index is 1290. The highest BCUT2D eigenvalue weighted by Crippen LogP contribution is 2.45. The molecule has 0 bridgehead atoms. The summed E-state index contributed by atoms with van der Waals surface area (Å²) in [5.41, 5.74) is 7.05. The number of hydrogen-bond donors (Lipinski definition) is 0. The monoisotopic (exact) mass is 395 g/mol. The third kappa shape index (κ3) is 2.88. The summed E-state index contributed by atoms with van der Waals surface area (Å²) in [5, 5.41) is 7.11. The predicted octanol–water partition coefficient (Wildman–Crippen LogP) is 8.20. The summed E-state index contributed by atoms with van der Waals surface area (Å²) >= 11 is 0. The van der Waals surface area contributed by atoms with Gasteiger partial charge in [-0.3, -0.25) is 0 Å². The molecule has 150 valence electrons. The molecule has 2 heterocycles. The van der Waals surface area contributed by atoms with Crippen LogP contribution < -0.4 is 0 Å². The number of azo groups is 2. The van der Waals surface area contributed by atoms with Crippen molar-refractivity contribution in [2.45, 2.75) is 45.6 Å². The molecule has 1 aliphatic rings. The van der Waals surface area contributed by atoms with E-state index in [-0.39, 0.29) is 6.04 Å². The summed E-state index contributed by atoms with van der Waals surface area (Å²) in [6.07, 6.45) is 4.13. The van der Waals surface area contributed by atoms with E-state index >= 15 is 0 Å². The maximum absolute atomic E-state index is 6.45. The maximum Gasteiger partial charge on any atom is 0.233 e. The lowest BCUT2D eigenvalue weighted by Gasteiger charge is -2.21. The molecular formula is C27H27N2O+. The Hall–Kier alpha value is -3.20. The molecule has 1 unspecified atom stereocenters. The van der Waals surface area contributed by atoms with Crippen LogP contribution in [0.5, 0.6) is 0 Å². The lowest BCUT2D eigenvalue weighted by Crippen LogP contribution is -2.14. The average molecular weight is 396 g/mol. The first-order chi connectivity index (χ1) is 14.6. The van der Waals surface area contributed by atoms with Crippen molar-refractivity contribution in [2.24, 2.45) is 5.11 Å². The summed E-state index contributed by atoms with van der Waals surface area (Å²) in [4.78, 5) is 0. The van der Waals surface area contributed by atoms with Crippen LogP contribution in [0.25, 0.3) is 21.9 Å². The van der Waals surface area contributed by atoms with Crippen LogP contribution in [0.1, 0.15) is 62.3 Å². The third-order valence-electron chi connectivity index (χ3n) is 6.02. The molecule has 1 aliphatic heterocycles. The van der Waals surface area contributed by atoms with E-state index in [2.05, 4.69) is 87.0 Å². The molecule has 3 aromatic carbocycles. The van der Waals surface area contributed by atoms with Gasteiger partial charge in [-0.1, -0.05) is 68.8 Å². The number of rotatable bonds is 4. The van der Waals surface area contributed by atoms with Crippen LogP contribution in [0.2, 0.25) is 0 Å². The van der Waals surface area contributed by atoms with Crippen molar-refractivity contribution in [1.82, 2.24) is 0 Å². The van der Waals surface area contributed by atoms with Crippen molar-refractivity contribution in [3.63, 3.8) is 0 Å². The molecule has 0 spiro atoms. The van der Waals surface area contributed by atoms with Gasteiger partial charge in [-0.15, -0.1) is 0 Å². The van der Waals surface area contributed by atoms with Gasteiger partial charge in [0.15, 0.2) is 0 Å². The lowest BCUT2D eigenvalue weighted by atomic mass is 9.83. The normalized spacial score (nSPS) is 16.3. The quantitative estimate of drug-likeness (QED) is 0.320. The predicted molar refractivity (Wildman–Crippen MR) is 123 cm³/mol. The standard InChI is InChI=1S/C27H27N2O/c1-17(2)21-16-22-20-12-8-9-13-24(20)30-27(22)25(18(3)4)26(21)23-14-15-28-29(23)19-10-6-5-7-11-19/h5-18,23H,1-4H3/q+1. The first-order valence-electron chi connectivity index (χ1n) is 10.8. The Morgan fingerprint density at radius 2 is 1.60 bits per heavy atom. The Balaban J connectivity index is 1.84. The summed E-state index contributed by atoms with van der Waals surface area (Å²) in [7, 11) is 0. The van der Waals surface area contributed by atoms with Gasteiger partial charge >= 0.3 is 0 Å². The minimum atomic E-state index is 0.0554. The van der Waals surface area contributed by atoms with E-state index in [0.29, 0.717) is 11.8 Å². The average Bonchev–Trinajstić information content (AvgIpc) is 3.37. The SMILES string of the molecule is CC(C)c1cc2c(oc3ccccc32)c(C(C)C)c1C1C=CN=[N+]1c1ccccc1. The molecule has 1 aromatic heterocycles. The van der Waals surface area contributed by atoms with Crippen molar-refractivity contribution in [2.75, 3.05) is 0 Å². The van der Waals surface area contributed by atoms with E-state index < -0.39 is 0 Å². The van der Waals surface area contributed by atoms with Crippen LogP contribution in [0.4, 0.5) is 5.69 Å². The van der Waals surface area contributed by atoms with Crippen LogP contribution in [-0.4, -0.2) is 4.70 Å². The number of hydrogen-bond acceptors (Lipinski definition) is 2. The van der Waals surface area contributed by atoms with Gasteiger partial charge in [0.05, 0.1) is 6.20 Å². The topological polar surface area (TPSA) is 28.5 Å². The zero-order valence-electron chi connectivity index (χ0n) is 18.0. The maximum atomic E-state index is 6.45. The van der Waals surface area contributed by atoms with E-state index in [0.717, 1.165) is 16.9 Å². The van der Waals surface area contributed by atoms with E-state index in [1.54, 1.807) is 0 Å². The Morgan fingerprint density at radius 1 is 0.867 bits per heavy atom. The summed E-state index contributed by atoms with van der Waals surface area (Å²) in [6, 6.07) is 21.2. The molecule has 3 nitrogen and oxygen atoms in total. The highest BCUT2D eigenvalue weighted by Gasteiger charge is 2.35. The second kappa shape index (κ2) is 7.24. The number of nitrogens with zero attached hydrogens (tertiary/aromatic N) is 2. The van der Waals surface area contributed by atoms with Gasteiger partial charge in [0.1, 0.15) is 11.2 Å². The van der Waals surface area contributed by atoms with E-state index in [1.807, 2.05) is 18.3 Å². The Morgan fingerprint density at radius 3 is 2.33 bits per heavy atom. The molecule has 0 aliphatic carbocycles. The fourth-order valence-corrected chi connectivity index (χ4v) is 4.67. The number of benzene rings is 3. The minimum absolute atomic E-state index is 0.0554. The molecule has 4 aromatic rings.